The first-order chi connectivity index (χ1) is 21.7. The predicted molar refractivity (Wildman–Crippen MR) is 140 cm³/mol. The Balaban J connectivity index is 1.45. The quantitative estimate of drug-likeness (QED) is 0.0599. The van der Waals surface area contributed by atoms with E-state index in [1.165, 1.54) is 0 Å². The van der Waals surface area contributed by atoms with Crippen LogP contribution in [0, 0.1) is 0 Å². The van der Waals surface area contributed by atoms with E-state index in [4.69, 9.17) is 23.7 Å². The second kappa shape index (κ2) is 15.2. The van der Waals surface area contributed by atoms with Gasteiger partial charge in [-0.05, 0) is 0 Å². The first kappa shape index (κ1) is 37.7. The first-order valence-electron chi connectivity index (χ1n) is 14.5. The second-order valence-electron chi connectivity index (χ2n) is 11.8. The third-order valence-corrected chi connectivity index (χ3v) is 8.95. The number of hydrogen-bond acceptors (Lipinski definition) is 21. The summed E-state index contributed by atoms with van der Waals surface area (Å²) >= 11 is 0. The largest absolute Gasteiger partial charge is 0.394 e. The van der Waals surface area contributed by atoms with Gasteiger partial charge >= 0.3 is 0 Å². The number of hydrogen-bond donors (Lipinski definition) is 15. The zero-order valence-electron chi connectivity index (χ0n) is 24.1. The Morgan fingerprint density at radius 1 is 0.761 bits per heavy atom. The Bertz CT molecular complexity index is 995. The number of ether oxygens (including phenoxy) is 5. The van der Waals surface area contributed by atoms with Crippen molar-refractivity contribution in [1.82, 2.24) is 5.32 Å². The van der Waals surface area contributed by atoms with Crippen LogP contribution in [0.1, 0.15) is 0 Å². The Hall–Kier alpha value is -1.13. The summed E-state index contributed by atoms with van der Waals surface area (Å²) in [5.74, 6) is 0. The van der Waals surface area contributed by atoms with Crippen molar-refractivity contribution in [3.05, 3.63) is 0 Å². The maximum Gasteiger partial charge on any atom is 0.187 e. The van der Waals surface area contributed by atoms with Gasteiger partial charge in [0.25, 0.3) is 0 Å². The van der Waals surface area contributed by atoms with Crippen molar-refractivity contribution >= 4 is 6.29 Å². The second-order valence-corrected chi connectivity index (χ2v) is 11.8. The van der Waals surface area contributed by atoms with Gasteiger partial charge < -0.3 is 105 Å². The van der Waals surface area contributed by atoms with Gasteiger partial charge in [-0.2, -0.15) is 0 Å². The number of aldehydes is 1. The fraction of sp³-hybridized carbons (Fsp3) is 0.960. The fourth-order valence-corrected chi connectivity index (χ4v) is 6.14. The van der Waals surface area contributed by atoms with E-state index in [1.807, 2.05) is 0 Å². The molecule has 21 heteroatoms. The fourth-order valence-electron chi connectivity index (χ4n) is 6.14. The van der Waals surface area contributed by atoms with Crippen LogP contribution in [-0.4, -0.2) is 226 Å². The molecule has 4 rings (SSSR count). The number of aliphatic hydroxyl groups excluding tert-OH is 14. The SMILES string of the molecule is O=C[C@H](O)[C@H](O)[C@H](O[C@H]1O[C@H](CO)[C@H](O[C@H]2O[C@H](CO)[C@H](N[C@@H]3[C@H](O)[C@@H](O)[C@H](O)[C@]4(CO)O[C@H]34)[C@H](O)[C@H]2O)[C@@H](O)[C@H]1O)[C@H](O)CO. The molecule has 3 saturated heterocycles. The average Bonchev–Trinajstić information content (AvgIpc) is 3.81. The van der Waals surface area contributed by atoms with Gasteiger partial charge in [0, 0.05) is 0 Å². The van der Waals surface area contributed by atoms with E-state index < -0.39 is 148 Å². The molecule has 3 heterocycles. The number of carbonyl (C=O) groups is 1. The molecule has 0 amide bonds. The minimum atomic E-state index is -2.13. The van der Waals surface area contributed by atoms with Crippen LogP contribution >= 0.6 is 0 Å². The van der Waals surface area contributed by atoms with Crippen molar-refractivity contribution in [1.29, 1.82) is 0 Å². The molecule has 0 unspecified atom stereocenters. The summed E-state index contributed by atoms with van der Waals surface area (Å²) < 4.78 is 27.3. The monoisotopic (exact) mass is 677 g/mol. The molecular weight excluding hydrogens is 634 g/mol. The van der Waals surface area contributed by atoms with E-state index in [9.17, 15) is 76.3 Å². The summed E-state index contributed by atoms with van der Waals surface area (Å²) in [7, 11) is 0. The van der Waals surface area contributed by atoms with Crippen LogP contribution in [0.25, 0.3) is 0 Å². The van der Waals surface area contributed by atoms with Crippen LogP contribution in [-0.2, 0) is 28.5 Å². The number of nitrogens with one attached hydrogen (secondary N) is 1. The zero-order valence-corrected chi connectivity index (χ0v) is 24.1. The normalized spacial score (nSPS) is 48.6. The predicted octanol–water partition coefficient (Wildman–Crippen LogP) is -10.5. The van der Waals surface area contributed by atoms with E-state index in [1.54, 1.807) is 0 Å². The standard InChI is InChI=1S/C25H43NO20/c27-1-6(32)12(34)19(7(33)2-28)44-24-18(40)15(37)20(9(4-30)43-24)45-23-17(39)13(35)10(8(3-29)42-23)26-11-14(36)16(38)21(41)25(5-31)22(11)46-25/h1,6-24,26,28-41H,2-5H2/t6-,7+,8+,9+,10-,11+,12-,13-,14-,15-,16+,17+,18+,19+,20-,21-,22+,23+,24+,25-/m0/s1. The van der Waals surface area contributed by atoms with Gasteiger partial charge in [-0.1, -0.05) is 0 Å². The maximum absolute atomic E-state index is 11.0. The highest BCUT2D eigenvalue weighted by molar-refractivity contribution is 5.56. The number of aliphatic hydroxyl groups is 14. The molecule has 0 bridgehead atoms. The molecule has 0 aromatic carbocycles. The molecule has 1 aliphatic carbocycles. The minimum absolute atomic E-state index is 0.0881. The lowest BCUT2D eigenvalue weighted by Crippen LogP contribution is -2.71. The maximum atomic E-state index is 11.0. The molecule has 0 aromatic rings. The average molecular weight is 678 g/mol. The van der Waals surface area contributed by atoms with E-state index in [0.717, 1.165) is 0 Å². The highest BCUT2D eigenvalue weighted by atomic mass is 16.7. The van der Waals surface area contributed by atoms with Crippen LogP contribution in [0.15, 0.2) is 0 Å². The van der Waals surface area contributed by atoms with Gasteiger partial charge in [0.1, 0.15) is 97.2 Å². The molecule has 4 aliphatic rings. The Labute approximate surface area is 260 Å². The van der Waals surface area contributed by atoms with Crippen LogP contribution in [0.4, 0.5) is 0 Å². The molecule has 268 valence electrons. The number of carbonyl (C=O) groups excluding carboxylic acids is 1. The summed E-state index contributed by atoms with van der Waals surface area (Å²) in [5, 5.41) is 146. The third-order valence-electron chi connectivity index (χ3n) is 8.95. The first-order valence-corrected chi connectivity index (χ1v) is 14.5. The van der Waals surface area contributed by atoms with Crippen molar-refractivity contribution in [2.24, 2.45) is 0 Å². The van der Waals surface area contributed by atoms with Crippen molar-refractivity contribution in [2.45, 2.75) is 122 Å². The molecule has 0 aromatic heterocycles. The molecule has 0 spiro atoms. The molecule has 3 aliphatic heterocycles. The minimum Gasteiger partial charge on any atom is -0.394 e. The summed E-state index contributed by atoms with van der Waals surface area (Å²) in [6, 6.07) is -2.61. The van der Waals surface area contributed by atoms with Crippen LogP contribution in [0.2, 0.25) is 0 Å². The van der Waals surface area contributed by atoms with Gasteiger partial charge in [-0.15, -0.1) is 0 Å². The number of fused-ring (bicyclic) bond motifs is 1. The smallest absolute Gasteiger partial charge is 0.187 e. The highest BCUT2D eigenvalue weighted by Crippen LogP contribution is 2.48. The van der Waals surface area contributed by atoms with Crippen molar-refractivity contribution in [2.75, 3.05) is 26.4 Å². The Morgan fingerprint density at radius 3 is 1.91 bits per heavy atom. The van der Waals surface area contributed by atoms with Crippen LogP contribution < -0.4 is 5.32 Å². The topological polar surface area (TPSA) is 362 Å². The van der Waals surface area contributed by atoms with E-state index >= 15 is 0 Å². The molecule has 21 nitrogen and oxygen atoms in total. The third kappa shape index (κ3) is 6.83. The van der Waals surface area contributed by atoms with Gasteiger partial charge in [-0.3, -0.25) is 0 Å². The van der Waals surface area contributed by atoms with Gasteiger partial charge in [0.15, 0.2) is 18.9 Å². The zero-order chi connectivity index (χ0) is 34.2. The number of epoxide rings is 1. The van der Waals surface area contributed by atoms with Crippen LogP contribution in [0.3, 0.4) is 0 Å². The summed E-state index contributed by atoms with van der Waals surface area (Å²) in [4.78, 5) is 10.9. The van der Waals surface area contributed by atoms with Gasteiger partial charge in [0.2, 0.25) is 0 Å². The van der Waals surface area contributed by atoms with Crippen molar-refractivity contribution < 1.29 is 100.0 Å². The molecule has 0 radical (unpaired) electrons. The van der Waals surface area contributed by atoms with E-state index in [-0.39, 0.29) is 6.29 Å². The molecule has 46 heavy (non-hydrogen) atoms. The molecule has 20 atom stereocenters. The molecule has 15 N–H and O–H groups in total. The van der Waals surface area contributed by atoms with E-state index in [2.05, 4.69) is 5.32 Å². The lowest BCUT2D eigenvalue weighted by Gasteiger charge is -2.48. The van der Waals surface area contributed by atoms with Crippen LogP contribution in [0.5, 0.6) is 0 Å². The summed E-state index contributed by atoms with van der Waals surface area (Å²) in [5.41, 5.74) is -1.60. The Kier molecular flexibility index (Phi) is 12.4. The van der Waals surface area contributed by atoms with Crippen molar-refractivity contribution in [3.63, 3.8) is 0 Å². The lowest BCUT2D eigenvalue weighted by molar-refractivity contribution is -0.363. The van der Waals surface area contributed by atoms with Gasteiger partial charge in [0.05, 0.1) is 38.5 Å². The Morgan fingerprint density at radius 2 is 1.35 bits per heavy atom. The summed E-state index contributed by atoms with van der Waals surface area (Å²) in [6.45, 7) is -3.53. The molecule has 4 fully saturated rings. The highest BCUT2D eigenvalue weighted by Gasteiger charge is 2.72. The molecular formula is C25H43NO20. The van der Waals surface area contributed by atoms with E-state index in [0.29, 0.717) is 0 Å². The summed E-state index contributed by atoms with van der Waals surface area (Å²) in [6.07, 6.45) is -30.8. The molecule has 1 saturated carbocycles. The lowest BCUT2D eigenvalue weighted by atomic mass is 9.79. The van der Waals surface area contributed by atoms with Gasteiger partial charge in [-0.25, -0.2) is 0 Å². The van der Waals surface area contributed by atoms with Crippen molar-refractivity contribution in [3.8, 4) is 0 Å². The number of rotatable bonds is 14.